The first-order valence-electron chi connectivity index (χ1n) is 7.98. The third-order valence-electron chi connectivity index (χ3n) is 3.94. The molecule has 5 heteroatoms. The van der Waals surface area contributed by atoms with Crippen molar-refractivity contribution in [2.24, 2.45) is 5.73 Å². The number of ether oxygens (including phenoxy) is 1. The molecule has 0 unspecified atom stereocenters. The quantitative estimate of drug-likeness (QED) is 0.876. The maximum Gasteiger partial charge on any atom is 0.255 e. The molecule has 1 aromatic rings. The molecule has 1 aliphatic carbocycles. The van der Waals surface area contributed by atoms with E-state index in [4.69, 9.17) is 10.5 Å². The summed E-state index contributed by atoms with van der Waals surface area (Å²) >= 11 is 0. The van der Waals surface area contributed by atoms with E-state index in [2.05, 4.69) is 5.32 Å². The number of carbonyl (C=O) groups is 2. The average Bonchev–Trinajstić information content (AvgIpc) is 2.48. The minimum absolute atomic E-state index is 0.148. The van der Waals surface area contributed by atoms with Crippen LogP contribution in [0.2, 0.25) is 0 Å². The fourth-order valence-corrected chi connectivity index (χ4v) is 2.79. The monoisotopic (exact) mass is 304 g/mol. The number of rotatable bonds is 5. The smallest absolute Gasteiger partial charge is 0.255 e. The van der Waals surface area contributed by atoms with Crippen LogP contribution < -0.4 is 15.8 Å². The fourth-order valence-electron chi connectivity index (χ4n) is 2.79. The molecule has 2 amide bonds. The van der Waals surface area contributed by atoms with Gasteiger partial charge in [0.25, 0.3) is 11.8 Å². The molecule has 0 aliphatic heterocycles. The number of amides is 2. The molecule has 1 aliphatic rings. The first-order valence-corrected chi connectivity index (χ1v) is 7.98. The second-order valence-corrected chi connectivity index (χ2v) is 5.77. The van der Waals surface area contributed by atoms with Crippen LogP contribution in [0.4, 0.5) is 0 Å². The number of para-hydroxylation sites is 1. The van der Waals surface area contributed by atoms with Crippen molar-refractivity contribution in [1.82, 2.24) is 5.32 Å². The van der Waals surface area contributed by atoms with Gasteiger partial charge in [-0.15, -0.1) is 0 Å². The number of hydrogen-bond acceptors (Lipinski definition) is 3. The second-order valence-electron chi connectivity index (χ2n) is 5.77. The van der Waals surface area contributed by atoms with E-state index >= 15 is 0 Å². The summed E-state index contributed by atoms with van der Waals surface area (Å²) < 4.78 is 5.32. The molecule has 0 spiro atoms. The third kappa shape index (κ3) is 5.06. The Bertz CT molecular complexity index is 508. The van der Waals surface area contributed by atoms with Crippen LogP contribution in [0.15, 0.2) is 24.3 Å². The fraction of sp³-hybridized carbons (Fsp3) is 0.529. The highest BCUT2D eigenvalue weighted by atomic mass is 16.5. The topological polar surface area (TPSA) is 81.4 Å². The summed E-state index contributed by atoms with van der Waals surface area (Å²) in [6, 6.07) is 7.15. The Labute approximate surface area is 131 Å². The molecule has 1 saturated carbocycles. The van der Waals surface area contributed by atoms with Crippen molar-refractivity contribution >= 4 is 11.8 Å². The van der Waals surface area contributed by atoms with E-state index in [-0.39, 0.29) is 18.6 Å². The van der Waals surface area contributed by atoms with Gasteiger partial charge in [-0.2, -0.15) is 0 Å². The van der Waals surface area contributed by atoms with Crippen molar-refractivity contribution in [1.29, 1.82) is 0 Å². The number of nitrogens with one attached hydrogen (secondary N) is 1. The van der Waals surface area contributed by atoms with E-state index in [1.807, 2.05) is 0 Å². The van der Waals surface area contributed by atoms with E-state index in [1.54, 1.807) is 24.3 Å². The van der Waals surface area contributed by atoms with Crippen LogP contribution in [0.3, 0.4) is 0 Å². The molecule has 0 aromatic heterocycles. The van der Waals surface area contributed by atoms with Gasteiger partial charge in [0.15, 0.2) is 6.61 Å². The molecule has 5 nitrogen and oxygen atoms in total. The Kier molecular flexibility index (Phi) is 6.25. The van der Waals surface area contributed by atoms with E-state index in [1.165, 1.54) is 19.3 Å². The second kappa shape index (κ2) is 8.41. The van der Waals surface area contributed by atoms with Crippen molar-refractivity contribution < 1.29 is 14.3 Å². The summed E-state index contributed by atoms with van der Waals surface area (Å²) in [4.78, 5) is 23.3. The van der Waals surface area contributed by atoms with Crippen LogP contribution in [-0.2, 0) is 4.79 Å². The zero-order valence-electron chi connectivity index (χ0n) is 12.8. The predicted octanol–water partition coefficient (Wildman–Crippen LogP) is 2.39. The lowest BCUT2D eigenvalue weighted by molar-refractivity contribution is -0.119. The van der Waals surface area contributed by atoms with Crippen molar-refractivity contribution in [2.45, 2.75) is 51.0 Å². The Hall–Kier alpha value is -2.04. The SMILES string of the molecule is NC(=O)COc1ccccc1C(=O)NC1CCCCCCC1. The van der Waals surface area contributed by atoms with Gasteiger partial charge >= 0.3 is 0 Å². The number of primary amides is 1. The van der Waals surface area contributed by atoms with Crippen molar-refractivity contribution in [3.8, 4) is 5.75 Å². The minimum Gasteiger partial charge on any atom is -0.483 e. The van der Waals surface area contributed by atoms with Gasteiger partial charge in [-0.1, -0.05) is 44.2 Å². The largest absolute Gasteiger partial charge is 0.483 e. The number of nitrogens with two attached hydrogens (primary N) is 1. The summed E-state index contributed by atoms with van der Waals surface area (Å²) in [5.41, 5.74) is 5.53. The van der Waals surface area contributed by atoms with Gasteiger partial charge in [0.05, 0.1) is 5.56 Å². The van der Waals surface area contributed by atoms with Gasteiger partial charge in [0.2, 0.25) is 0 Å². The molecule has 22 heavy (non-hydrogen) atoms. The van der Waals surface area contributed by atoms with Gasteiger partial charge in [-0.3, -0.25) is 9.59 Å². The van der Waals surface area contributed by atoms with E-state index < -0.39 is 5.91 Å². The number of carbonyl (C=O) groups excluding carboxylic acids is 2. The number of benzene rings is 1. The molecule has 0 heterocycles. The average molecular weight is 304 g/mol. The highest BCUT2D eigenvalue weighted by Crippen LogP contribution is 2.20. The maximum atomic E-state index is 12.5. The van der Waals surface area contributed by atoms with E-state index in [0.29, 0.717) is 11.3 Å². The molecule has 1 fully saturated rings. The van der Waals surface area contributed by atoms with Crippen LogP contribution in [0.25, 0.3) is 0 Å². The third-order valence-corrected chi connectivity index (χ3v) is 3.94. The Morgan fingerprint density at radius 1 is 1.09 bits per heavy atom. The maximum absolute atomic E-state index is 12.5. The summed E-state index contributed by atoms with van der Waals surface area (Å²) in [6.07, 6.45) is 8.14. The Morgan fingerprint density at radius 2 is 1.73 bits per heavy atom. The molecule has 0 atom stereocenters. The summed E-state index contributed by atoms with van der Waals surface area (Å²) in [5.74, 6) is -0.314. The van der Waals surface area contributed by atoms with Crippen molar-refractivity contribution in [3.63, 3.8) is 0 Å². The Balaban J connectivity index is 2.00. The summed E-state index contributed by atoms with van der Waals surface area (Å²) in [6.45, 7) is -0.228. The lowest BCUT2D eigenvalue weighted by Crippen LogP contribution is -2.35. The van der Waals surface area contributed by atoms with Gasteiger partial charge < -0.3 is 15.8 Å². The summed E-state index contributed by atoms with van der Waals surface area (Å²) in [7, 11) is 0. The van der Waals surface area contributed by atoms with Crippen LogP contribution >= 0.6 is 0 Å². The molecular weight excluding hydrogens is 280 g/mol. The normalized spacial score (nSPS) is 16.4. The van der Waals surface area contributed by atoms with Gasteiger partial charge in [0, 0.05) is 6.04 Å². The highest BCUT2D eigenvalue weighted by Gasteiger charge is 2.18. The zero-order chi connectivity index (χ0) is 15.8. The van der Waals surface area contributed by atoms with Crippen LogP contribution in [0.1, 0.15) is 55.3 Å². The van der Waals surface area contributed by atoms with Crippen LogP contribution in [-0.4, -0.2) is 24.5 Å². The van der Waals surface area contributed by atoms with E-state index in [9.17, 15) is 9.59 Å². The molecule has 2 rings (SSSR count). The lowest BCUT2D eigenvalue weighted by atomic mass is 9.96. The molecular formula is C17H24N2O3. The van der Waals surface area contributed by atoms with Crippen LogP contribution in [0.5, 0.6) is 5.75 Å². The number of hydrogen-bond donors (Lipinski definition) is 2. The van der Waals surface area contributed by atoms with Gasteiger partial charge in [0.1, 0.15) is 5.75 Å². The molecule has 0 bridgehead atoms. The van der Waals surface area contributed by atoms with Gasteiger partial charge in [-0.05, 0) is 25.0 Å². The minimum atomic E-state index is -0.560. The standard InChI is InChI=1S/C17H24N2O3/c18-16(20)12-22-15-11-7-6-10-14(15)17(21)19-13-8-4-2-1-3-5-9-13/h6-7,10-11,13H,1-5,8-9,12H2,(H2,18,20)(H,19,21). The molecule has 120 valence electrons. The first-order chi connectivity index (χ1) is 10.7. The van der Waals surface area contributed by atoms with Crippen molar-refractivity contribution in [2.75, 3.05) is 6.61 Å². The molecule has 1 aromatic carbocycles. The predicted molar refractivity (Wildman–Crippen MR) is 84.7 cm³/mol. The Morgan fingerprint density at radius 3 is 2.41 bits per heavy atom. The summed E-state index contributed by atoms with van der Waals surface area (Å²) in [5, 5.41) is 3.10. The first kappa shape index (κ1) is 16.3. The zero-order valence-corrected chi connectivity index (χ0v) is 12.8. The van der Waals surface area contributed by atoms with Crippen molar-refractivity contribution in [3.05, 3.63) is 29.8 Å². The van der Waals surface area contributed by atoms with E-state index in [0.717, 1.165) is 25.7 Å². The molecule has 0 saturated heterocycles. The molecule has 3 N–H and O–H groups in total. The van der Waals surface area contributed by atoms with Gasteiger partial charge in [-0.25, -0.2) is 0 Å². The highest BCUT2D eigenvalue weighted by molar-refractivity contribution is 5.97. The lowest BCUT2D eigenvalue weighted by Gasteiger charge is -2.21. The van der Waals surface area contributed by atoms with Crippen LogP contribution in [0, 0.1) is 0 Å². The molecule has 0 radical (unpaired) electrons.